The molecular formula is C22H22N6O3. The molecule has 0 bridgehead atoms. The van der Waals surface area contributed by atoms with Crippen LogP contribution in [0.3, 0.4) is 0 Å². The van der Waals surface area contributed by atoms with E-state index in [1.54, 1.807) is 6.07 Å². The fraction of sp³-hybridized carbons (Fsp3) is 0.182. The first kappa shape index (κ1) is 20.1. The molecule has 0 radical (unpaired) electrons. The van der Waals surface area contributed by atoms with Crippen molar-refractivity contribution in [2.24, 2.45) is 5.10 Å². The van der Waals surface area contributed by atoms with Crippen LogP contribution in [0.25, 0.3) is 22.2 Å². The second kappa shape index (κ2) is 7.94. The third-order valence-corrected chi connectivity index (χ3v) is 5.01. The van der Waals surface area contributed by atoms with Crippen LogP contribution in [0.15, 0.2) is 47.6 Å². The van der Waals surface area contributed by atoms with Crippen LogP contribution in [0, 0.1) is 0 Å². The number of nitrogens with one attached hydrogen (secondary N) is 1. The summed E-state index contributed by atoms with van der Waals surface area (Å²) in [4.78, 5) is 22.2. The van der Waals surface area contributed by atoms with Gasteiger partial charge in [0.1, 0.15) is 16.9 Å². The molecule has 158 valence electrons. The Bertz CT molecular complexity index is 1330. The number of benzene rings is 2. The molecule has 1 unspecified atom stereocenters. The Balaban J connectivity index is 1.90. The number of aromatic nitrogens is 3. The van der Waals surface area contributed by atoms with E-state index in [0.717, 1.165) is 6.42 Å². The van der Waals surface area contributed by atoms with Crippen LogP contribution in [0.1, 0.15) is 36.2 Å². The number of phenolic OH excluding ortho intramolecular Hbond substituents is 2. The van der Waals surface area contributed by atoms with E-state index in [0.29, 0.717) is 27.8 Å². The lowest BCUT2D eigenvalue weighted by Crippen LogP contribution is -2.32. The summed E-state index contributed by atoms with van der Waals surface area (Å²) < 4.78 is 1.35. The standard InChI is InChI=1S/C22H22N6O3/c1-3-12(2)25-22(31)18-19-21(27-15-7-5-4-6-14(15)26-19)28(20(18)23)24-11-13-8-9-16(29)17(30)10-13/h4-12,29-30H,3,23H2,1-2H3,(H,25,31)/b24-11+. The van der Waals surface area contributed by atoms with Gasteiger partial charge >= 0.3 is 0 Å². The first-order valence-electron chi connectivity index (χ1n) is 9.83. The van der Waals surface area contributed by atoms with Crippen molar-refractivity contribution in [2.45, 2.75) is 26.3 Å². The highest BCUT2D eigenvalue weighted by Crippen LogP contribution is 2.28. The predicted octanol–water partition coefficient (Wildman–Crippen LogP) is 2.99. The average Bonchev–Trinajstić information content (AvgIpc) is 3.03. The molecule has 4 aromatic rings. The zero-order valence-corrected chi connectivity index (χ0v) is 17.1. The van der Waals surface area contributed by atoms with Crippen molar-refractivity contribution in [3.63, 3.8) is 0 Å². The monoisotopic (exact) mass is 418 g/mol. The van der Waals surface area contributed by atoms with Crippen LogP contribution in [-0.2, 0) is 0 Å². The molecule has 0 aliphatic heterocycles. The lowest BCUT2D eigenvalue weighted by Gasteiger charge is -2.11. The second-order valence-corrected chi connectivity index (χ2v) is 7.23. The molecule has 5 N–H and O–H groups in total. The molecule has 1 atom stereocenters. The van der Waals surface area contributed by atoms with E-state index in [9.17, 15) is 15.0 Å². The Labute approximate surface area is 177 Å². The molecule has 9 nitrogen and oxygen atoms in total. The van der Waals surface area contributed by atoms with Crippen molar-refractivity contribution < 1.29 is 15.0 Å². The Hall–Kier alpha value is -4.14. The maximum atomic E-state index is 13.0. The molecule has 31 heavy (non-hydrogen) atoms. The van der Waals surface area contributed by atoms with Gasteiger partial charge in [-0.1, -0.05) is 19.1 Å². The third kappa shape index (κ3) is 3.73. The number of phenols is 2. The number of amides is 1. The smallest absolute Gasteiger partial charge is 0.257 e. The average molecular weight is 418 g/mol. The van der Waals surface area contributed by atoms with Gasteiger partial charge in [-0.05, 0) is 49.2 Å². The highest BCUT2D eigenvalue weighted by molar-refractivity contribution is 6.10. The number of rotatable bonds is 5. The molecule has 2 heterocycles. The summed E-state index contributed by atoms with van der Waals surface area (Å²) in [6.45, 7) is 3.88. The molecule has 9 heteroatoms. The minimum atomic E-state index is -0.349. The molecule has 0 aliphatic rings. The molecule has 4 rings (SSSR count). The van der Waals surface area contributed by atoms with E-state index < -0.39 is 0 Å². The number of fused-ring (bicyclic) bond motifs is 2. The number of nitrogens with two attached hydrogens (primary N) is 1. The second-order valence-electron chi connectivity index (χ2n) is 7.23. The summed E-state index contributed by atoms with van der Waals surface area (Å²) in [5.74, 6) is -0.749. The van der Waals surface area contributed by atoms with Crippen LogP contribution in [0.4, 0.5) is 5.82 Å². The van der Waals surface area contributed by atoms with E-state index in [4.69, 9.17) is 5.73 Å². The highest BCUT2D eigenvalue weighted by atomic mass is 16.3. The van der Waals surface area contributed by atoms with Gasteiger partial charge in [0.05, 0.1) is 17.2 Å². The number of carbonyl (C=O) groups is 1. The molecule has 0 spiro atoms. The summed E-state index contributed by atoms with van der Waals surface area (Å²) in [6, 6.07) is 11.6. The van der Waals surface area contributed by atoms with Gasteiger partial charge in [-0.15, -0.1) is 0 Å². The highest BCUT2D eigenvalue weighted by Gasteiger charge is 2.24. The van der Waals surface area contributed by atoms with Crippen molar-refractivity contribution in [2.75, 3.05) is 5.73 Å². The van der Waals surface area contributed by atoms with Crippen molar-refractivity contribution in [1.82, 2.24) is 20.0 Å². The zero-order valence-electron chi connectivity index (χ0n) is 17.1. The van der Waals surface area contributed by atoms with E-state index in [1.165, 1.54) is 23.0 Å². The number of aromatic hydroxyl groups is 2. The number of anilines is 1. The van der Waals surface area contributed by atoms with Gasteiger partial charge in [0.25, 0.3) is 5.91 Å². The summed E-state index contributed by atoms with van der Waals surface area (Å²) in [7, 11) is 0. The third-order valence-electron chi connectivity index (χ3n) is 5.01. The predicted molar refractivity (Wildman–Crippen MR) is 119 cm³/mol. The van der Waals surface area contributed by atoms with Crippen LogP contribution < -0.4 is 11.1 Å². The van der Waals surface area contributed by atoms with Crippen LogP contribution in [0.2, 0.25) is 0 Å². The lowest BCUT2D eigenvalue weighted by molar-refractivity contribution is 0.0941. The number of nitrogen functional groups attached to an aromatic ring is 1. The maximum Gasteiger partial charge on any atom is 0.257 e. The lowest BCUT2D eigenvalue weighted by atomic mass is 10.2. The van der Waals surface area contributed by atoms with Gasteiger partial charge < -0.3 is 21.3 Å². The number of carbonyl (C=O) groups excluding carboxylic acids is 1. The quantitative estimate of drug-likeness (QED) is 0.290. The number of hydrogen-bond donors (Lipinski definition) is 4. The minimum Gasteiger partial charge on any atom is -0.504 e. The molecule has 0 saturated heterocycles. The van der Waals surface area contributed by atoms with Crippen molar-refractivity contribution in [3.8, 4) is 11.5 Å². The molecule has 0 saturated carbocycles. The first-order chi connectivity index (χ1) is 14.9. The summed E-state index contributed by atoms with van der Waals surface area (Å²) in [5.41, 5.74) is 9.03. The largest absolute Gasteiger partial charge is 0.504 e. The molecule has 2 aromatic heterocycles. The van der Waals surface area contributed by atoms with Crippen LogP contribution in [-0.4, -0.2) is 43.0 Å². The molecular weight excluding hydrogens is 396 g/mol. The number of hydrogen-bond acceptors (Lipinski definition) is 7. The SMILES string of the molecule is CCC(C)NC(=O)c1c(N)n(/N=C/c2ccc(O)c(O)c2)c2nc3ccccc3nc12. The first-order valence-corrected chi connectivity index (χ1v) is 9.83. The Morgan fingerprint density at radius 2 is 1.90 bits per heavy atom. The Kier molecular flexibility index (Phi) is 5.16. The number of nitrogens with zero attached hydrogens (tertiary/aromatic N) is 4. The van der Waals surface area contributed by atoms with Gasteiger partial charge in [0.2, 0.25) is 0 Å². The van der Waals surface area contributed by atoms with Crippen molar-refractivity contribution in [1.29, 1.82) is 0 Å². The molecule has 1 amide bonds. The van der Waals surface area contributed by atoms with E-state index in [1.807, 2.05) is 38.1 Å². The Morgan fingerprint density at radius 1 is 1.19 bits per heavy atom. The summed E-state index contributed by atoms with van der Waals surface area (Å²) in [6.07, 6.45) is 2.21. The number of para-hydroxylation sites is 2. The van der Waals surface area contributed by atoms with E-state index in [-0.39, 0.29) is 34.8 Å². The van der Waals surface area contributed by atoms with Gasteiger partial charge in [0, 0.05) is 6.04 Å². The van der Waals surface area contributed by atoms with E-state index >= 15 is 0 Å². The van der Waals surface area contributed by atoms with Gasteiger partial charge in [-0.2, -0.15) is 9.78 Å². The maximum absolute atomic E-state index is 13.0. The normalized spacial score (nSPS) is 12.6. The van der Waals surface area contributed by atoms with Gasteiger partial charge in [-0.3, -0.25) is 4.79 Å². The topological polar surface area (TPSA) is 139 Å². The zero-order chi connectivity index (χ0) is 22.1. The fourth-order valence-electron chi connectivity index (χ4n) is 3.13. The molecule has 0 fully saturated rings. The summed E-state index contributed by atoms with van der Waals surface area (Å²) >= 11 is 0. The van der Waals surface area contributed by atoms with Crippen molar-refractivity contribution in [3.05, 3.63) is 53.6 Å². The van der Waals surface area contributed by atoms with Gasteiger partial charge in [-0.25, -0.2) is 9.97 Å². The van der Waals surface area contributed by atoms with Crippen LogP contribution >= 0.6 is 0 Å². The van der Waals surface area contributed by atoms with E-state index in [2.05, 4.69) is 20.4 Å². The van der Waals surface area contributed by atoms with Crippen LogP contribution in [0.5, 0.6) is 11.5 Å². The Morgan fingerprint density at radius 3 is 2.58 bits per heavy atom. The van der Waals surface area contributed by atoms with Gasteiger partial charge in [0.15, 0.2) is 17.1 Å². The molecule has 2 aromatic carbocycles. The minimum absolute atomic E-state index is 0.0396. The summed E-state index contributed by atoms with van der Waals surface area (Å²) in [5, 5.41) is 26.5. The molecule has 0 aliphatic carbocycles. The fourth-order valence-corrected chi connectivity index (χ4v) is 3.13. The van der Waals surface area contributed by atoms with Crippen molar-refractivity contribution >= 4 is 40.1 Å².